The molecule has 0 atom stereocenters. The van der Waals surface area contributed by atoms with Gasteiger partial charge in [0, 0.05) is 17.3 Å². The van der Waals surface area contributed by atoms with Crippen molar-refractivity contribution in [2.24, 2.45) is 5.73 Å². The topological polar surface area (TPSA) is 114 Å². The summed E-state index contributed by atoms with van der Waals surface area (Å²) >= 11 is 0. The fourth-order valence-corrected chi connectivity index (χ4v) is 3.78. The smallest absolute Gasteiger partial charge is 0.251 e. The van der Waals surface area contributed by atoms with Crippen LogP contribution in [0.15, 0.2) is 67.1 Å². The Morgan fingerprint density at radius 2 is 1.73 bits per heavy atom. The highest BCUT2D eigenvalue weighted by atomic mass is 19.1. The molecule has 0 saturated heterocycles. The van der Waals surface area contributed by atoms with Gasteiger partial charge in [0.15, 0.2) is 0 Å². The van der Waals surface area contributed by atoms with Crippen molar-refractivity contribution in [3.63, 3.8) is 0 Å². The number of halogens is 2. The van der Waals surface area contributed by atoms with Crippen LogP contribution in [-0.4, -0.2) is 26.6 Å². The Kier molecular flexibility index (Phi) is 4.78. The molecule has 0 spiro atoms. The van der Waals surface area contributed by atoms with Crippen molar-refractivity contribution in [2.75, 3.05) is 5.32 Å². The summed E-state index contributed by atoms with van der Waals surface area (Å²) in [7, 11) is 0. The number of aromatic nitrogens is 3. The van der Waals surface area contributed by atoms with E-state index in [2.05, 4.69) is 20.3 Å². The van der Waals surface area contributed by atoms with Gasteiger partial charge < -0.3 is 16.0 Å². The van der Waals surface area contributed by atoms with Gasteiger partial charge in [-0.3, -0.25) is 9.59 Å². The Morgan fingerprint density at radius 1 is 0.939 bits per heavy atom. The Morgan fingerprint density at radius 3 is 2.55 bits per heavy atom. The number of benzene rings is 3. The lowest BCUT2D eigenvalue weighted by molar-refractivity contribution is 0.0996. The van der Waals surface area contributed by atoms with Gasteiger partial charge in [-0.05, 0) is 23.6 Å². The number of fused-ring (bicyclic) bond motifs is 2. The average molecular weight is 443 g/mol. The monoisotopic (exact) mass is 443 g/mol. The van der Waals surface area contributed by atoms with Crippen LogP contribution in [-0.2, 0) is 0 Å². The molecule has 0 saturated carbocycles. The Balaban J connectivity index is 1.66. The highest BCUT2D eigenvalue weighted by Crippen LogP contribution is 2.32. The second kappa shape index (κ2) is 7.79. The number of primary amides is 1. The second-order valence-electron chi connectivity index (χ2n) is 7.28. The van der Waals surface area contributed by atoms with Gasteiger partial charge in [-0.25, -0.2) is 18.7 Å². The average Bonchev–Trinajstić information content (AvgIpc) is 3.24. The molecule has 0 aliphatic carbocycles. The summed E-state index contributed by atoms with van der Waals surface area (Å²) in [6, 6.07) is 15.1. The molecule has 5 aromatic rings. The highest BCUT2D eigenvalue weighted by Gasteiger charge is 2.27. The molecule has 7 nitrogen and oxygen atoms in total. The van der Waals surface area contributed by atoms with Crippen molar-refractivity contribution < 1.29 is 18.4 Å². The maximum absolute atomic E-state index is 14.8. The van der Waals surface area contributed by atoms with Gasteiger partial charge in [-0.15, -0.1) is 0 Å². The van der Waals surface area contributed by atoms with Crippen LogP contribution in [0.4, 0.5) is 20.3 Å². The predicted molar refractivity (Wildman–Crippen MR) is 119 cm³/mol. The maximum atomic E-state index is 14.8. The number of aromatic amines is 1. The SMILES string of the molecule is NC(=O)c1ccc(F)c(C(=O)c2c[nH]c3ncnc(Nc4cccc5ccccc45)c23)c1F. The van der Waals surface area contributed by atoms with Gasteiger partial charge in [0.1, 0.15) is 29.4 Å². The number of nitrogens with one attached hydrogen (secondary N) is 2. The van der Waals surface area contributed by atoms with Crippen LogP contribution in [0, 0.1) is 11.6 Å². The van der Waals surface area contributed by atoms with E-state index in [1.54, 1.807) is 0 Å². The van der Waals surface area contributed by atoms with E-state index >= 15 is 0 Å². The first-order valence-electron chi connectivity index (χ1n) is 9.85. The van der Waals surface area contributed by atoms with Crippen molar-refractivity contribution in [1.82, 2.24) is 15.0 Å². The number of amides is 1. The third-order valence-corrected chi connectivity index (χ3v) is 5.34. The molecule has 2 aromatic heterocycles. The van der Waals surface area contributed by atoms with Gasteiger partial charge in [0.25, 0.3) is 5.91 Å². The fraction of sp³-hybridized carbons (Fsp3) is 0. The summed E-state index contributed by atoms with van der Waals surface area (Å²) in [5.41, 5.74) is 4.64. The van der Waals surface area contributed by atoms with Crippen molar-refractivity contribution in [3.05, 3.63) is 95.4 Å². The third-order valence-electron chi connectivity index (χ3n) is 5.34. The summed E-state index contributed by atoms with van der Waals surface area (Å²) in [5.74, 6) is -4.25. The van der Waals surface area contributed by atoms with E-state index in [1.165, 1.54) is 12.5 Å². The molecule has 2 heterocycles. The number of H-pyrrole nitrogens is 1. The first kappa shape index (κ1) is 20.3. The van der Waals surface area contributed by atoms with Gasteiger partial charge in [-0.2, -0.15) is 0 Å². The molecule has 0 bridgehead atoms. The number of nitrogens with zero attached hydrogens (tertiary/aromatic N) is 2. The van der Waals surface area contributed by atoms with E-state index in [4.69, 9.17) is 5.73 Å². The number of hydrogen-bond donors (Lipinski definition) is 3. The van der Waals surface area contributed by atoms with E-state index in [0.29, 0.717) is 5.65 Å². The number of anilines is 2. The zero-order valence-electron chi connectivity index (χ0n) is 16.9. The Bertz CT molecular complexity index is 1570. The molecule has 1 amide bonds. The van der Waals surface area contributed by atoms with Crippen molar-refractivity contribution >= 4 is 45.0 Å². The third kappa shape index (κ3) is 3.35. The molecule has 0 aliphatic rings. The quantitative estimate of drug-likeness (QED) is 0.347. The van der Waals surface area contributed by atoms with Crippen LogP contribution in [0.2, 0.25) is 0 Å². The van der Waals surface area contributed by atoms with E-state index in [-0.39, 0.29) is 16.8 Å². The number of ketones is 1. The minimum atomic E-state index is -1.32. The highest BCUT2D eigenvalue weighted by molar-refractivity contribution is 6.19. The summed E-state index contributed by atoms with van der Waals surface area (Å²) in [5, 5.41) is 5.35. The molecule has 0 fully saturated rings. The molecule has 0 aliphatic heterocycles. The van der Waals surface area contributed by atoms with E-state index in [9.17, 15) is 18.4 Å². The van der Waals surface area contributed by atoms with Crippen LogP contribution in [0.5, 0.6) is 0 Å². The predicted octanol–water partition coefficient (Wildman–Crippen LogP) is 4.46. The zero-order valence-corrected chi connectivity index (χ0v) is 16.9. The molecule has 162 valence electrons. The van der Waals surface area contributed by atoms with Crippen LogP contribution >= 0.6 is 0 Å². The molecule has 9 heteroatoms. The number of hydrogen-bond acceptors (Lipinski definition) is 5. The lowest BCUT2D eigenvalue weighted by Crippen LogP contribution is -2.17. The molecule has 4 N–H and O–H groups in total. The van der Waals surface area contributed by atoms with E-state index in [0.717, 1.165) is 28.6 Å². The minimum absolute atomic E-state index is 0.0623. The second-order valence-corrected chi connectivity index (χ2v) is 7.28. The molecular weight excluding hydrogens is 428 g/mol. The molecule has 3 aromatic carbocycles. The number of carbonyl (C=O) groups is 2. The van der Waals surface area contributed by atoms with Crippen LogP contribution in [0.1, 0.15) is 26.3 Å². The molecule has 0 unspecified atom stereocenters. The van der Waals surface area contributed by atoms with Gasteiger partial charge in [-0.1, -0.05) is 36.4 Å². The van der Waals surface area contributed by atoms with Crippen LogP contribution < -0.4 is 11.1 Å². The largest absolute Gasteiger partial charge is 0.366 e. The summed E-state index contributed by atoms with van der Waals surface area (Å²) in [4.78, 5) is 35.9. The van der Waals surface area contributed by atoms with E-state index < -0.39 is 34.5 Å². The number of carbonyl (C=O) groups excluding carboxylic acids is 2. The van der Waals surface area contributed by atoms with Gasteiger partial charge in [0.05, 0.1) is 22.1 Å². The lowest BCUT2D eigenvalue weighted by atomic mass is 9.99. The maximum Gasteiger partial charge on any atom is 0.251 e. The zero-order chi connectivity index (χ0) is 23.1. The standard InChI is InChI=1S/C24H15F2N5O2/c25-16-9-8-14(22(27)33)20(26)19(16)21(32)15-10-28-23-18(15)24(30-11-29-23)31-17-7-3-5-12-4-1-2-6-13(12)17/h1-11H,(H2,27,33)(H2,28,29,30,31). The fourth-order valence-electron chi connectivity index (χ4n) is 3.78. The van der Waals surface area contributed by atoms with Crippen molar-refractivity contribution in [1.29, 1.82) is 0 Å². The summed E-state index contributed by atoms with van der Waals surface area (Å²) in [6.45, 7) is 0. The van der Waals surface area contributed by atoms with Crippen molar-refractivity contribution in [3.8, 4) is 0 Å². The number of rotatable bonds is 5. The lowest BCUT2D eigenvalue weighted by Gasteiger charge is -2.11. The molecule has 33 heavy (non-hydrogen) atoms. The summed E-state index contributed by atoms with van der Waals surface area (Å²) < 4.78 is 29.3. The molecular formula is C24H15F2N5O2. The van der Waals surface area contributed by atoms with Gasteiger partial charge >= 0.3 is 0 Å². The van der Waals surface area contributed by atoms with Gasteiger partial charge in [0.2, 0.25) is 5.78 Å². The minimum Gasteiger partial charge on any atom is -0.366 e. The molecule has 5 rings (SSSR count). The molecule has 0 radical (unpaired) electrons. The number of nitrogens with two attached hydrogens (primary N) is 1. The van der Waals surface area contributed by atoms with Crippen LogP contribution in [0.3, 0.4) is 0 Å². The van der Waals surface area contributed by atoms with Crippen LogP contribution in [0.25, 0.3) is 21.8 Å². The Labute approximate surface area is 185 Å². The normalized spacial score (nSPS) is 11.1. The first-order chi connectivity index (χ1) is 16.0. The Hall–Kier alpha value is -4.66. The first-order valence-corrected chi connectivity index (χ1v) is 9.85. The summed E-state index contributed by atoms with van der Waals surface area (Å²) in [6.07, 6.45) is 2.60. The van der Waals surface area contributed by atoms with Crippen molar-refractivity contribution in [2.45, 2.75) is 0 Å². The van der Waals surface area contributed by atoms with E-state index in [1.807, 2.05) is 42.5 Å².